The van der Waals surface area contributed by atoms with Crippen molar-refractivity contribution >= 4 is 0 Å². The van der Waals surface area contributed by atoms with Crippen molar-refractivity contribution in [2.45, 2.75) is 37.6 Å². The quantitative estimate of drug-likeness (QED) is 0.576. The van der Waals surface area contributed by atoms with Crippen molar-refractivity contribution in [3.63, 3.8) is 0 Å². The molecule has 5 atom stereocenters. The van der Waals surface area contributed by atoms with E-state index in [0.29, 0.717) is 6.61 Å². The largest absolute Gasteiger partial charge is 0.388 e. The molecule has 2 saturated heterocycles. The van der Waals surface area contributed by atoms with Gasteiger partial charge in [-0.05, 0) is 6.92 Å². The molecule has 0 aromatic rings. The van der Waals surface area contributed by atoms with Gasteiger partial charge in [-0.15, -0.1) is 0 Å². The highest BCUT2D eigenvalue weighted by Gasteiger charge is 2.52. The third kappa shape index (κ3) is 1.47. The predicted octanol–water partition coefficient (Wildman–Crippen LogP) is -1.13. The second kappa shape index (κ2) is 3.51. The minimum atomic E-state index is -0.790. The first-order valence-electron chi connectivity index (χ1n) is 4.49. The van der Waals surface area contributed by atoms with Crippen LogP contribution in [0.2, 0.25) is 0 Å². The summed E-state index contributed by atoms with van der Waals surface area (Å²) in [5.41, 5.74) is 0. The average Bonchev–Trinajstić information content (AvgIpc) is 2.59. The van der Waals surface area contributed by atoms with Crippen LogP contribution in [0.5, 0.6) is 0 Å². The normalized spacial score (nSPS) is 49.6. The lowest BCUT2D eigenvalue weighted by Gasteiger charge is -2.16. The molecule has 5 nitrogen and oxygen atoms in total. The minimum absolute atomic E-state index is 0.227. The molecular weight excluding hydrogens is 176 g/mol. The Hall–Kier alpha value is -0.200. The fraction of sp³-hybridized carbons (Fsp3) is 1.00. The zero-order valence-electron chi connectivity index (χ0n) is 7.42. The maximum atomic E-state index is 9.62. The molecule has 0 aromatic carbocycles. The highest BCUT2D eigenvalue weighted by molar-refractivity contribution is 4.96. The molecule has 2 aliphatic heterocycles. The lowest BCUT2D eigenvalue weighted by atomic mass is 10.1. The summed E-state index contributed by atoms with van der Waals surface area (Å²) < 4.78 is 15.6. The fourth-order valence-electron chi connectivity index (χ4n) is 1.77. The number of fused-ring (bicyclic) bond motifs is 1. The van der Waals surface area contributed by atoms with Crippen LogP contribution >= 0.6 is 0 Å². The standard InChI is InChI=1S/C8H14O5/c1-2-11-8-5(10)7-6(13-8)4(9)3-12-7/h4-10H,2-3H2,1H3. The Morgan fingerprint density at radius 3 is 2.77 bits per heavy atom. The first kappa shape index (κ1) is 9.36. The molecule has 0 radical (unpaired) electrons. The van der Waals surface area contributed by atoms with Gasteiger partial charge in [0.2, 0.25) is 0 Å². The summed E-state index contributed by atoms with van der Waals surface area (Å²) in [7, 11) is 0. The van der Waals surface area contributed by atoms with E-state index in [4.69, 9.17) is 14.2 Å². The van der Waals surface area contributed by atoms with Crippen LogP contribution in [0, 0.1) is 0 Å². The summed E-state index contributed by atoms with van der Waals surface area (Å²) in [6.45, 7) is 2.52. The highest BCUT2D eigenvalue weighted by atomic mass is 16.7. The van der Waals surface area contributed by atoms with Gasteiger partial charge in [0, 0.05) is 6.61 Å². The Morgan fingerprint density at radius 2 is 2.15 bits per heavy atom. The Kier molecular flexibility index (Phi) is 2.53. The van der Waals surface area contributed by atoms with Crippen LogP contribution in [0.4, 0.5) is 0 Å². The van der Waals surface area contributed by atoms with Gasteiger partial charge in [0.15, 0.2) is 6.29 Å². The van der Waals surface area contributed by atoms with E-state index in [1.165, 1.54) is 0 Å². The minimum Gasteiger partial charge on any atom is -0.388 e. The van der Waals surface area contributed by atoms with Crippen LogP contribution < -0.4 is 0 Å². The Balaban J connectivity index is 2.00. The zero-order valence-corrected chi connectivity index (χ0v) is 7.42. The second-order valence-corrected chi connectivity index (χ2v) is 3.28. The van der Waals surface area contributed by atoms with Crippen LogP contribution in [-0.2, 0) is 14.2 Å². The molecule has 13 heavy (non-hydrogen) atoms. The predicted molar refractivity (Wildman–Crippen MR) is 42.0 cm³/mol. The lowest BCUT2D eigenvalue weighted by molar-refractivity contribution is -0.179. The number of ether oxygens (including phenoxy) is 3. The van der Waals surface area contributed by atoms with E-state index < -0.39 is 30.7 Å². The van der Waals surface area contributed by atoms with Crippen molar-refractivity contribution in [3.8, 4) is 0 Å². The van der Waals surface area contributed by atoms with Crippen molar-refractivity contribution in [2.75, 3.05) is 13.2 Å². The summed E-state index contributed by atoms with van der Waals surface area (Å²) in [5.74, 6) is 0. The Labute approximate surface area is 76.2 Å². The van der Waals surface area contributed by atoms with E-state index in [0.717, 1.165) is 0 Å². The summed E-state index contributed by atoms with van der Waals surface area (Å²) in [6, 6.07) is 0. The maximum Gasteiger partial charge on any atom is 0.186 e. The number of hydrogen-bond acceptors (Lipinski definition) is 5. The topological polar surface area (TPSA) is 68.2 Å². The smallest absolute Gasteiger partial charge is 0.186 e. The molecule has 2 N–H and O–H groups in total. The van der Waals surface area contributed by atoms with Crippen molar-refractivity contribution in [2.24, 2.45) is 0 Å². The lowest BCUT2D eigenvalue weighted by Crippen LogP contribution is -2.33. The van der Waals surface area contributed by atoms with Crippen LogP contribution in [0.3, 0.4) is 0 Å². The SMILES string of the molecule is CCOC1OC2C(O)COC2C1O. The summed E-state index contributed by atoms with van der Waals surface area (Å²) in [4.78, 5) is 0. The number of hydrogen-bond donors (Lipinski definition) is 2. The third-order valence-electron chi connectivity index (χ3n) is 2.40. The third-order valence-corrected chi connectivity index (χ3v) is 2.40. The zero-order chi connectivity index (χ0) is 9.42. The van der Waals surface area contributed by atoms with E-state index in [-0.39, 0.29) is 6.61 Å². The van der Waals surface area contributed by atoms with Crippen LogP contribution in [0.15, 0.2) is 0 Å². The molecule has 2 heterocycles. The summed E-state index contributed by atoms with van der Waals surface area (Å²) in [5, 5.41) is 19.0. The molecule has 2 fully saturated rings. The van der Waals surface area contributed by atoms with Gasteiger partial charge in [0.25, 0.3) is 0 Å². The van der Waals surface area contributed by atoms with Gasteiger partial charge in [-0.2, -0.15) is 0 Å². The van der Waals surface area contributed by atoms with Gasteiger partial charge in [-0.25, -0.2) is 0 Å². The van der Waals surface area contributed by atoms with Crippen molar-refractivity contribution in [1.82, 2.24) is 0 Å². The summed E-state index contributed by atoms with van der Waals surface area (Å²) in [6.07, 6.45) is -2.97. The van der Waals surface area contributed by atoms with Gasteiger partial charge in [-0.1, -0.05) is 0 Å². The van der Waals surface area contributed by atoms with Crippen molar-refractivity contribution in [1.29, 1.82) is 0 Å². The molecule has 0 bridgehead atoms. The van der Waals surface area contributed by atoms with Crippen LogP contribution in [0.1, 0.15) is 6.92 Å². The first-order chi connectivity index (χ1) is 6.24. The van der Waals surface area contributed by atoms with Crippen LogP contribution in [0.25, 0.3) is 0 Å². The molecule has 5 heteroatoms. The van der Waals surface area contributed by atoms with E-state index in [9.17, 15) is 10.2 Å². The molecular formula is C8H14O5. The van der Waals surface area contributed by atoms with E-state index >= 15 is 0 Å². The molecule has 0 saturated carbocycles. The Morgan fingerprint density at radius 1 is 1.38 bits per heavy atom. The van der Waals surface area contributed by atoms with Gasteiger partial charge in [-0.3, -0.25) is 0 Å². The van der Waals surface area contributed by atoms with Crippen molar-refractivity contribution in [3.05, 3.63) is 0 Å². The molecule has 0 spiro atoms. The monoisotopic (exact) mass is 190 g/mol. The molecule has 2 aliphatic rings. The molecule has 2 rings (SSSR count). The molecule has 0 aromatic heterocycles. The van der Waals surface area contributed by atoms with E-state index in [1.807, 2.05) is 6.92 Å². The van der Waals surface area contributed by atoms with Crippen LogP contribution in [-0.4, -0.2) is 54.1 Å². The van der Waals surface area contributed by atoms with Crippen molar-refractivity contribution < 1.29 is 24.4 Å². The summed E-state index contributed by atoms with van der Waals surface area (Å²) >= 11 is 0. The van der Waals surface area contributed by atoms with E-state index in [1.54, 1.807) is 0 Å². The second-order valence-electron chi connectivity index (χ2n) is 3.28. The Bertz CT molecular complexity index is 185. The first-order valence-corrected chi connectivity index (χ1v) is 4.49. The van der Waals surface area contributed by atoms with Gasteiger partial charge in [0.05, 0.1) is 6.61 Å². The fourth-order valence-corrected chi connectivity index (χ4v) is 1.77. The number of aliphatic hydroxyl groups is 2. The van der Waals surface area contributed by atoms with Gasteiger partial charge in [0.1, 0.15) is 24.4 Å². The molecule has 0 aliphatic carbocycles. The number of rotatable bonds is 2. The maximum absolute atomic E-state index is 9.62. The molecule has 0 amide bonds. The highest BCUT2D eigenvalue weighted by Crippen LogP contribution is 2.31. The average molecular weight is 190 g/mol. The molecule has 76 valence electrons. The van der Waals surface area contributed by atoms with Gasteiger partial charge < -0.3 is 24.4 Å². The molecule has 5 unspecified atom stereocenters. The van der Waals surface area contributed by atoms with Gasteiger partial charge >= 0.3 is 0 Å². The number of aliphatic hydroxyl groups excluding tert-OH is 2. The van der Waals surface area contributed by atoms with E-state index in [2.05, 4.69) is 0 Å².